The summed E-state index contributed by atoms with van der Waals surface area (Å²) in [4.78, 5) is 21.2. The Morgan fingerprint density at radius 1 is 1.00 bits per heavy atom. The molecule has 6 heteroatoms. The topological polar surface area (TPSA) is 57.7 Å². The number of methoxy groups -OCH3 is 1. The molecule has 1 aromatic carbocycles. The van der Waals surface area contributed by atoms with E-state index in [1.807, 2.05) is 30.5 Å². The largest absolute Gasteiger partial charge is 0.497 e. The van der Waals surface area contributed by atoms with Crippen molar-refractivity contribution in [3.05, 3.63) is 48.3 Å². The van der Waals surface area contributed by atoms with Crippen LogP contribution in [-0.2, 0) is 0 Å². The molecule has 0 aliphatic carbocycles. The number of nitrogens with one attached hydrogen (secondary N) is 1. The molecule has 0 saturated carbocycles. The molecule has 6 nitrogen and oxygen atoms in total. The SMILES string of the molecule is CCCCCNC(=O)c1ccc(N2CCN(c3ccc(OC)cc3)CC2)cn1. The lowest BCUT2D eigenvalue weighted by Gasteiger charge is -2.37. The van der Waals surface area contributed by atoms with Crippen LogP contribution in [-0.4, -0.2) is 50.7 Å². The smallest absolute Gasteiger partial charge is 0.269 e. The van der Waals surface area contributed by atoms with Gasteiger partial charge >= 0.3 is 0 Å². The molecule has 1 aliphatic rings. The Morgan fingerprint density at radius 2 is 1.64 bits per heavy atom. The third-order valence-electron chi connectivity index (χ3n) is 5.13. The lowest BCUT2D eigenvalue weighted by molar-refractivity contribution is 0.0948. The molecular formula is C22H30N4O2. The Hall–Kier alpha value is -2.76. The molecule has 150 valence electrons. The summed E-state index contributed by atoms with van der Waals surface area (Å²) < 4.78 is 5.23. The van der Waals surface area contributed by atoms with Gasteiger partial charge in [-0.05, 0) is 42.8 Å². The van der Waals surface area contributed by atoms with Gasteiger partial charge in [0, 0.05) is 38.4 Å². The molecule has 1 saturated heterocycles. The number of anilines is 2. The van der Waals surface area contributed by atoms with Crippen molar-refractivity contribution in [2.45, 2.75) is 26.2 Å². The molecule has 2 heterocycles. The Bertz CT molecular complexity index is 738. The van der Waals surface area contributed by atoms with Crippen molar-refractivity contribution in [2.75, 3.05) is 49.6 Å². The zero-order valence-corrected chi connectivity index (χ0v) is 16.9. The second kappa shape index (κ2) is 9.97. The van der Waals surface area contributed by atoms with Crippen LogP contribution in [0.3, 0.4) is 0 Å². The summed E-state index contributed by atoms with van der Waals surface area (Å²) in [5, 5.41) is 2.93. The summed E-state index contributed by atoms with van der Waals surface area (Å²) >= 11 is 0. The highest BCUT2D eigenvalue weighted by atomic mass is 16.5. The van der Waals surface area contributed by atoms with Gasteiger partial charge < -0.3 is 19.9 Å². The minimum atomic E-state index is -0.0908. The van der Waals surface area contributed by atoms with E-state index >= 15 is 0 Å². The number of hydrogen-bond acceptors (Lipinski definition) is 5. The van der Waals surface area contributed by atoms with E-state index in [1.54, 1.807) is 7.11 Å². The first-order valence-corrected chi connectivity index (χ1v) is 10.1. The van der Waals surface area contributed by atoms with Gasteiger partial charge in [-0.2, -0.15) is 0 Å². The molecule has 1 amide bonds. The van der Waals surface area contributed by atoms with Crippen molar-refractivity contribution in [2.24, 2.45) is 0 Å². The number of amides is 1. The summed E-state index contributed by atoms with van der Waals surface area (Å²) in [5.74, 6) is 0.787. The average molecular weight is 383 g/mol. The normalized spacial score (nSPS) is 14.1. The summed E-state index contributed by atoms with van der Waals surface area (Å²) in [5.41, 5.74) is 2.77. The van der Waals surface area contributed by atoms with Gasteiger partial charge in [0.1, 0.15) is 11.4 Å². The van der Waals surface area contributed by atoms with E-state index in [1.165, 1.54) is 5.69 Å². The molecule has 1 fully saturated rings. The van der Waals surface area contributed by atoms with E-state index in [0.29, 0.717) is 12.2 Å². The quantitative estimate of drug-likeness (QED) is 0.710. The minimum Gasteiger partial charge on any atom is -0.497 e. The maximum absolute atomic E-state index is 12.1. The van der Waals surface area contributed by atoms with Crippen molar-refractivity contribution >= 4 is 17.3 Å². The molecule has 1 aromatic heterocycles. The fraction of sp³-hybridized carbons (Fsp3) is 0.455. The number of aromatic nitrogens is 1. The van der Waals surface area contributed by atoms with Crippen molar-refractivity contribution in [1.29, 1.82) is 0 Å². The number of piperazine rings is 1. The van der Waals surface area contributed by atoms with Gasteiger partial charge in [-0.15, -0.1) is 0 Å². The van der Waals surface area contributed by atoms with Crippen molar-refractivity contribution in [3.63, 3.8) is 0 Å². The molecule has 2 aromatic rings. The number of unbranched alkanes of at least 4 members (excludes halogenated alkanes) is 2. The molecule has 1 N–H and O–H groups in total. The minimum absolute atomic E-state index is 0.0908. The van der Waals surface area contributed by atoms with Gasteiger partial charge in [0.05, 0.1) is 19.0 Å². The number of benzene rings is 1. The van der Waals surface area contributed by atoms with Crippen LogP contribution in [0, 0.1) is 0 Å². The zero-order chi connectivity index (χ0) is 19.8. The number of hydrogen-bond donors (Lipinski definition) is 1. The third-order valence-corrected chi connectivity index (χ3v) is 5.13. The second-order valence-corrected chi connectivity index (χ2v) is 7.04. The van der Waals surface area contributed by atoms with E-state index in [2.05, 4.69) is 39.2 Å². The maximum Gasteiger partial charge on any atom is 0.269 e. The van der Waals surface area contributed by atoms with Gasteiger partial charge in [0.2, 0.25) is 0 Å². The van der Waals surface area contributed by atoms with E-state index in [9.17, 15) is 4.79 Å². The van der Waals surface area contributed by atoms with Crippen LogP contribution in [0.4, 0.5) is 11.4 Å². The van der Waals surface area contributed by atoms with Crippen LogP contribution in [0.15, 0.2) is 42.6 Å². The van der Waals surface area contributed by atoms with Crippen molar-refractivity contribution < 1.29 is 9.53 Å². The maximum atomic E-state index is 12.1. The number of carbonyl (C=O) groups excluding carboxylic acids is 1. The van der Waals surface area contributed by atoms with Crippen LogP contribution in [0.2, 0.25) is 0 Å². The number of nitrogens with zero attached hydrogens (tertiary/aromatic N) is 3. The first-order valence-electron chi connectivity index (χ1n) is 10.1. The van der Waals surface area contributed by atoms with E-state index in [4.69, 9.17) is 4.74 Å². The van der Waals surface area contributed by atoms with E-state index in [0.717, 1.165) is 56.9 Å². The Kier molecular flexibility index (Phi) is 7.12. The molecular weight excluding hydrogens is 352 g/mol. The first-order chi connectivity index (χ1) is 13.7. The van der Waals surface area contributed by atoms with Gasteiger partial charge in [0.15, 0.2) is 0 Å². The van der Waals surface area contributed by atoms with Crippen molar-refractivity contribution in [1.82, 2.24) is 10.3 Å². The van der Waals surface area contributed by atoms with E-state index in [-0.39, 0.29) is 5.91 Å². The van der Waals surface area contributed by atoms with Crippen LogP contribution in [0.1, 0.15) is 36.7 Å². The standard InChI is InChI=1S/C22H30N4O2/c1-3-4-5-12-23-22(27)21-11-8-19(17-24-21)26-15-13-25(14-16-26)18-6-9-20(28-2)10-7-18/h6-11,17H,3-5,12-16H2,1-2H3,(H,23,27). The summed E-state index contributed by atoms with van der Waals surface area (Å²) in [7, 11) is 1.68. The average Bonchev–Trinajstić information content (AvgIpc) is 2.77. The summed E-state index contributed by atoms with van der Waals surface area (Å²) in [6, 6.07) is 12.0. The van der Waals surface area contributed by atoms with Gasteiger partial charge in [0.25, 0.3) is 5.91 Å². The van der Waals surface area contributed by atoms with Gasteiger partial charge in [-0.25, -0.2) is 4.98 Å². The van der Waals surface area contributed by atoms with Crippen molar-refractivity contribution in [3.8, 4) is 5.75 Å². The summed E-state index contributed by atoms with van der Waals surface area (Å²) in [6.45, 7) is 6.62. The molecule has 3 rings (SSSR count). The lowest BCUT2D eigenvalue weighted by atomic mass is 10.2. The van der Waals surface area contributed by atoms with Crippen LogP contribution < -0.4 is 19.9 Å². The highest BCUT2D eigenvalue weighted by molar-refractivity contribution is 5.92. The Morgan fingerprint density at radius 3 is 2.21 bits per heavy atom. The Labute approximate surface area is 167 Å². The monoisotopic (exact) mass is 382 g/mol. The lowest BCUT2D eigenvalue weighted by Crippen LogP contribution is -2.46. The molecule has 0 atom stereocenters. The van der Waals surface area contributed by atoms with Crippen LogP contribution >= 0.6 is 0 Å². The molecule has 0 bridgehead atoms. The van der Waals surface area contributed by atoms with Gasteiger partial charge in [-0.1, -0.05) is 19.8 Å². The highest BCUT2D eigenvalue weighted by Gasteiger charge is 2.18. The molecule has 0 radical (unpaired) electrons. The molecule has 0 spiro atoms. The highest BCUT2D eigenvalue weighted by Crippen LogP contribution is 2.22. The van der Waals surface area contributed by atoms with Crippen LogP contribution in [0.25, 0.3) is 0 Å². The number of pyridine rings is 1. The Balaban J connectivity index is 1.50. The third kappa shape index (κ3) is 5.15. The van der Waals surface area contributed by atoms with Crippen LogP contribution in [0.5, 0.6) is 5.75 Å². The number of rotatable bonds is 8. The van der Waals surface area contributed by atoms with Gasteiger partial charge in [-0.3, -0.25) is 4.79 Å². The zero-order valence-electron chi connectivity index (χ0n) is 16.9. The second-order valence-electron chi connectivity index (χ2n) is 7.04. The summed E-state index contributed by atoms with van der Waals surface area (Å²) in [6.07, 6.45) is 5.10. The molecule has 0 unspecified atom stereocenters. The molecule has 28 heavy (non-hydrogen) atoms. The predicted octanol–water partition coefficient (Wildman–Crippen LogP) is 3.34. The number of ether oxygens (including phenoxy) is 1. The number of carbonyl (C=O) groups is 1. The fourth-order valence-corrected chi connectivity index (χ4v) is 3.39. The first kappa shape index (κ1) is 20.0. The fourth-order valence-electron chi connectivity index (χ4n) is 3.39. The predicted molar refractivity (Wildman–Crippen MR) is 114 cm³/mol. The molecule has 1 aliphatic heterocycles. The van der Waals surface area contributed by atoms with E-state index < -0.39 is 0 Å².